The average molecular weight is 339 g/mol. The van der Waals surface area contributed by atoms with Gasteiger partial charge in [0.15, 0.2) is 0 Å². The SMILES string of the molecule is Cn1cc(N2CCCC(Nc3ccc4c(c3)NC(=O)CC4)C2=O)cn1. The Morgan fingerprint density at radius 2 is 2.16 bits per heavy atom. The molecule has 3 heterocycles. The van der Waals surface area contributed by atoms with Crippen molar-refractivity contribution in [1.29, 1.82) is 0 Å². The first kappa shape index (κ1) is 15.7. The van der Waals surface area contributed by atoms with Crippen LogP contribution in [0.4, 0.5) is 17.1 Å². The molecule has 2 N–H and O–H groups in total. The molecule has 0 aliphatic carbocycles. The molecule has 2 amide bonds. The predicted octanol–water partition coefficient (Wildman–Crippen LogP) is 1.91. The van der Waals surface area contributed by atoms with Gasteiger partial charge in [0.25, 0.3) is 0 Å². The summed E-state index contributed by atoms with van der Waals surface area (Å²) in [5.41, 5.74) is 3.66. The number of nitrogens with one attached hydrogen (secondary N) is 2. The van der Waals surface area contributed by atoms with E-state index in [0.29, 0.717) is 13.0 Å². The number of aromatic nitrogens is 2. The lowest BCUT2D eigenvalue weighted by Crippen LogP contribution is -2.47. The maximum Gasteiger partial charge on any atom is 0.249 e. The van der Waals surface area contributed by atoms with Gasteiger partial charge in [0.1, 0.15) is 6.04 Å². The number of anilines is 3. The normalized spacial score (nSPS) is 20.2. The second-order valence-corrected chi connectivity index (χ2v) is 6.62. The molecule has 7 nitrogen and oxygen atoms in total. The Balaban J connectivity index is 1.51. The Kier molecular flexibility index (Phi) is 3.91. The molecule has 1 atom stereocenters. The first-order valence-electron chi connectivity index (χ1n) is 8.59. The fraction of sp³-hybridized carbons (Fsp3) is 0.389. The monoisotopic (exact) mass is 339 g/mol. The number of nitrogens with zero attached hydrogens (tertiary/aromatic N) is 3. The zero-order valence-electron chi connectivity index (χ0n) is 14.2. The van der Waals surface area contributed by atoms with Crippen molar-refractivity contribution in [3.8, 4) is 0 Å². The van der Waals surface area contributed by atoms with Crippen molar-refractivity contribution in [2.24, 2.45) is 7.05 Å². The Morgan fingerprint density at radius 1 is 1.28 bits per heavy atom. The highest BCUT2D eigenvalue weighted by Crippen LogP contribution is 2.28. The molecule has 1 unspecified atom stereocenters. The maximum atomic E-state index is 12.8. The van der Waals surface area contributed by atoms with Gasteiger partial charge in [0, 0.05) is 37.6 Å². The molecular weight excluding hydrogens is 318 g/mol. The molecule has 0 spiro atoms. The number of rotatable bonds is 3. The van der Waals surface area contributed by atoms with Gasteiger partial charge in [-0.2, -0.15) is 5.10 Å². The summed E-state index contributed by atoms with van der Waals surface area (Å²) < 4.78 is 1.70. The van der Waals surface area contributed by atoms with E-state index in [-0.39, 0.29) is 17.9 Å². The molecule has 0 bridgehead atoms. The van der Waals surface area contributed by atoms with Crippen LogP contribution in [-0.2, 0) is 23.1 Å². The summed E-state index contributed by atoms with van der Waals surface area (Å²) in [7, 11) is 1.84. The minimum Gasteiger partial charge on any atom is -0.374 e. The predicted molar refractivity (Wildman–Crippen MR) is 95.6 cm³/mol. The second kappa shape index (κ2) is 6.23. The van der Waals surface area contributed by atoms with E-state index < -0.39 is 0 Å². The number of fused-ring (bicyclic) bond motifs is 1. The van der Waals surface area contributed by atoms with Crippen molar-refractivity contribution in [3.63, 3.8) is 0 Å². The van der Waals surface area contributed by atoms with Gasteiger partial charge >= 0.3 is 0 Å². The summed E-state index contributed by atoms with van der Waals surface area (Å²) in [4.78, 5) is 26.2. The largest absolute Gasteiger partial charge is 0.374 e. The van der Waals surface area contributed by atoms with Gasteiger partial charge in [0.05, 0.1) is 11.9 Å². The van der Waals surface area contributed by atoms with E-state index in [0.717, 1.165) is 41.9 Å². The quantitative estimate of drug-likeness (QED) is 0.895. The number of aryl methyl sites for hydroxylation is 2. The van der Waals surface area contributed by atoms with Gasteiger partial charge < -0.3 is 15.5 Å². The molecular formula is C18H21N5O2. The molecule has 1 aromatic heterocycles. The number of hydrogen-bond donors (Lipinski definition) is 2. The number of amides is 2. The highest BCUT2D eigenvalue weighted by atomic mass is 16.2. The summed E-state index contributed by atoms with van der Waals surface area (Å²) >= 11 is 0. The van der Waals surface area contributed by atoms with E-state index in [1.807, 2.05) is 31.4 Å². The first-order valence-corrected chi connectivity index (χ1v) is 8.59. The Bertz CT molecular complexity index is 829. The van der Waals surface area contributed by atoms with Crippen LogP contribution in [-0.4, -0.2) is 34.2 Å². The van der Waals surface area contributed by atoms with Gasteiger partial charge in [-0.15, -0.1) is 0 Å². The number of carbonyl (C=O) groups is 2. The topological polar surface area (TPSA) is 79.3 Å². The number of benzene rings is 1. The lowest BCUT2D eigenvalue weighted by atomic mass is 10.0. The Labute approximate surface area is 146 Å². The van der Waals surface area contributed by atoms with E-state index in [2.05, 4.69) is 15.7 Å². The van der Waals surface area contributed by atoms with Crippen molar-refractivity contribution < 1.29 is 9.59 Å². The van der Waals surface area contributed by atoms with Crippen LogP contribution in [0.25, 0.3) is 0 Å². The zero-order chi connectivity index (χ0) is 17.4. The van der Waals surface area contributed by atoms with Crippen molar-refractivity contribution in [2.75, 3.05) is 22.1 Å². The van der Waals surface area contributed by atoms with Crippen molar-refractivity contribution in [3.05, 3.63) is 36.2 Å². The highest BCUT2D eigenvalue weighted by Gasteiger charge is 2.30. The highest BCUT2D eigenvalue weighted by molar-refractivity contribution is 5.99. The van der Waals surface area contributed by atoms with Crippen LogP contribution < -0.4 is 15.5 Å². The summed E-state index contributed by atoms with van der Waals surface area (Å²) in [5, 5.41) is 10.4. The summed E-state index contributed by atoms with van der Waals surface area (Å²) in [6, 6.07) is 5.64. The van der Waals surface area contributed by atoms with Crippen LogP contribution in [0.3, 0.4) is 0 Å². The molecule has 1 aromatic carbocycles. The lowest BCUT2D eigenvalue weighted by molar-refractivity contribution is -0.120. The molecule has 25 heavy (non-hydrogen) atoms. The molecule has 0 saturated carbocycles. The van der Waals surface area contributed by atoms with E-state index in [1.54, 1.807) is 15.8 Å². The van der Waals surface area contributed by atoms with Crippen molar-refractivity contribution >= 4 is 28.9 Å². The van der Waals surface area contributed by atoms with Crippen molar-refractivity contribution in [1.82, 2.24) is 9.78 Å². The van der Waals surface area contributed by atoms with E-state index in [9.17, 15) is 9.59 Å². The van der Waals surface area contributed by atoms with Gasteiger partial charge in [-0.3, -0.25) is 14.3 Å². The lowest BCUT2D eigenvalue weighted by Gasteiger charge is -2.32. The van der Waals surface area contributed by atoms with Gasteiger partial charge in [0.2, 0.25) is 11.8 Å². The van der Waals surface area contributed by atoms with Gasteiger partial charge in [-0.1, -0.05) is 6.07 Å². The number of hydrogen-bond acceptors (Lipinski definition) is 4. The molecule has 1 fully saturated rings. The third-order valence-electron chi connectivity index (χ3n) is 4.79. The molecule has 2 aromatic rings. The average Bonchev–Trinajstić information content (AvgIpc) is 3.02. The zero-order valence-corrected chi connectivity index (χ0v) is 14.2. The smallest absolute Gasteiger partial charge is 0.249 e. The van der Waals surface area contributed by atoms with Gasteiger partial charge in [-0.25, -0.2) is 0 Å². The third-order valence-corrected chi connectivity index (χ3v) is 4.79. The van der Waals surface area contributed by atoms with Crippen LogP contribution in [0.15, 0.2) is 30.6 Å². The summed E-state index contributed by atoms with van der Waals surface area (Å²) in [6.45, 7) is 0.711. The molecule has 4 rings (SSSR count). The molecule has 130 valence electrons. The minimum absolute atomic E-state index is 0.0427. The fourth-order valence-corrected chi connectivity index (χ4v) is 3.48. The minimum atomic E-state index is -0.272. The Hall–Kier alpha value is -2.83. The fourth-order valence-electron chi connectivity index (χ4n) is 3.48. The van der Waals surface area contributed by atoms with E-state index in [4.69, 9.17) is 0 Å². The number of piperidine rings is 1. The molecule has 2 aliphatic heterocycles. The molecule has 2 aliphatic rings. The molecule has 7 heteroatoms. The van der Waals surface area contributed by atoms with Crippen LogP contribution in [0, 0.1) is 0 Å². The van der Waals surface area contributed by atoms with Crippen molar-refractivity contribution in [2.45, 2.75) is 31.7 Å². The van der Waals surface area contributed by atoms with E-state index >= 15 is 0 Å². The van der Waals surface area contributed by atoms with E-state index in [1.165, 1.54) is 0 Å². The number of carbonyl (C=O) groups excluding carboxylic acids is 2. The van der Waals surface area contributed by atoms with Gasteiger partial charge in [-0.05, 0) is 37.0 Å². The molecule has 0 radical (unpaired) electrons. The Morgan fingerprint density at radius 3 is 2.96 bits per heavy atom. The maximum absolute atomic E-state index is 12.8. The van der Waals surface area contributed by atoms with Crippen LogP contribution in [0.1, 0.15) is 24.8 Å². The summed E-state index contributed by atoms with van der Waals surface area (Å²) in [5.74, 6) is 0.0992. The third kappa shape index (κ3) is 3.09. The standard InChI is InChI=1S/C18H21N5O2/c1-22-11-14(10-19-22)23-8-2-3-15(18(23)25)20-13-6-4-12-5-7-17(24)21-16(12)9-13/h4,6,9-11,15,20H,2-3,5,7-8H2,1H3,(H,21,24). The van der Waals surface area contributed by atoms with Crippen LogP contribution in [0.5, 0.6) is 0 Å². The molecule has 1 saturated heterocycles. The summed E-state index contributed by atoms with van der Waals surface area (Å²) in [6.07, 6.45) is 6.59. The van der Waals surface area contributed by atoms with Crippen LogP contribution >= 0.6 is 0 Å². The van der Waals surface area contributed by atoms with Crippen LogP contribution in [0.2, 0.25) is 0 Å². The second-order valence-electron chi connectivity index (χ2n) is 6.62. The first-order chi connectivity index (χ1) is 12.1.